The molecule has 4 fully saturated rings. The Hall–Kier alpha value is -2.06. The normalized spacial score (nSPS) is 51.9. The number of Topliss-reactive ketones (excluding diaryl/α,β-unsaturated/α-hetero) is 1. The van der Waals surface area contributed by atoms with Crippen LogP contribution in [0.3, 0.4) is 0 Å². The zero-order valence-electron chi connectivity index (χ0n) is 22.6. The van der Waals surface area contributed by atoms with Gasteiger partial charge in [-0.15, -0.1) is 0 Å². The molecular weight excluding hydrogens is 531 g/mol. The second-order valence-electron chi connectivity index (χ2n) is 12.6. The number of rotatable bonds is 5. The van der Waals surface area contributed by atoms with Gasteiger partial charge in [0.1, 0.15) is 30.5 Å². The third-order valence-electron chi connectivity index (χ3n) is 10.8. The monoisotopic (exact) mass is 568 g/mol. The smallest absolute Gasteiger partial charge is 0.335 e. The molecule has 13 atom stereocenters. The van der Waals surface area contributed by atoms with Crippen LogP contribution in [0.2, 0.25) is 0 Å². The van der Waals surface area contributed by atoms with Crippen molar-refractivity contribution in [3.05, 3.63) is 23.8 Å². The topological polar surface area (TPSA) is 191 Å². The predicted octanol–water partition coefficient (Wildman–Crippen LogP) is -0.188. The van der Waals surface area contributed by atoms with Gasteiger partial charge in [-0.05, 0) is 56.6 Å². The van der Waals surface area contributed by atoms with Gasteiger partial charge in [-0.1, -0.05) is 25.5 Å². The Morgan fingerprint density at radius 3 is 2.45 bits per heavy atom. The van der Waals surface area contributed by atoms with E-state index in [0.29, 0.717) is 18.4 Å². The maximum Gasteiger partial charge on any atom is 0.335 e. The maximum atomic E-state index is 17.3. The van der Waals surface area contributed by atoms with Gasteiger partial charge in [0.15, 0.2) is 29.6 Å². The third-order valence-corrected chi connectivity index (χ3v) is 10.8. The van der Waals surface area contributed by atoms with Gasteiger partial charge in [-0.25, -0.2) is 9.18 Å². The third kappa shape index (κ3) is 3.70. The molecule has 0 amide bonds. The quantitative estimate of drug-likeness (QED) is 0.258. The van der Waals surface area contributed by atoms with Crippen LogP contribution < -0.4 is 0 Å². The fourth-order valence-electron chi connectivity index (χ4n) is 8.60. The van der Waals surface area contributed by atoms with Gasteiger partial charge in [-0.3, -0.25) is 9.59 Å². The summed E-state index contributed by atoms with van der Waals surface area (Å²) in [7, 11) is 0. The first kappa shape index (κ1) is 29.4. The predicted molar refractivity (Wildman–Crippen MR) is 133 cm³/mol. The van der Waals surface area contributed by atoms with Gasteiger partial charge in [0.05, 0.1) is 6.10 Å². The summed E-state index contributed by atoms with van der Waals surface area (Å²) in [6.45, 7) is 4.16. The van der Waals surface area contributed by atoms with Gasteiger partial charge >= 0.3 is 5.97 Å². The number of aliphatic carboxylic acids is 1. The number of alkyl halides is 1. The Labute approximate surface area is 230 Å². The molecule has 222 valence electrons. The van der Waals surface area contributed by atoms with Crippen LogP contribution in [-0.4, -0.2) is 103 Å². The number of allylic oxidation sites excluding steroid dienone is 4. The van der Waals surface area contributed by atoms with Crippen LogP contribution in [0.25, 0.3) is 0 Å². The molecule has 3 saturated carbocycles. The molecule has 40 heavy (non-hydrogen) atoms. The molecule has 12 heteroatoms. The Balaban J connectivity index is 1.40. The van der Waals surface area contributed by atoms with E-state index >= 15 is 4.39 Å². The van der Waals surface area contributed by atoms with Crippen LogP contribution >= 0.6 is 0 Å². The van der Waals surface area contributed by atoms with Crippen molar-refractivity contribution in [3.8, 4) is 0 Å². The number of fused-ring (bicyclic) bond motifs is 5. The van der Waals surface area contributed by atoms with E-state index in [1.807, 2.05) is 0 Å². The van der Waals surface area contributed by atoms with Crippen LogP contribution in [0.15, 0.2) is 23.8 Å². The summed E-state index contributed by atoms with van der Waals surface area (Å²) in [6, 6.07) is 0. The van der Waals surface area contributed by atoms with Crippen LogP contribution in [0.5, 0.6) is 0 Å². The number of halogens is 1. The SMILES string of the molecule is C[C@@H]1C[C@@H]2[C@@H]3CCC4=CC(=O)C=C[C@]4(C)[C@]3(F)[C@@H](O)C[C@]2(C)[C@@]1(O)C(=O)CO[C@@H]1O[C@H](C(=O)O)[C@@H](O)[C@H](O)[C@H]1O. The summed E-state index contributed by atoms with van der Waals surface area (Å²) < 4.78 is 27.7. The fourth-order valence-corrected chi connectivity index (χ4v) is 8.60. The van der Waals surface area contributed by atoms with Crippen molar-refractivity contribution in [3.63, 3.8) is 0 Å². The summed E-state index contributed by atoms with van der Waals surface area (Å²) in [5.41, 5.74) is -6.07. The molecule has 0 spiro atoms. The zero-order valence-corrected chi connectivity index (χ0v) is 22.6. The average molecular weight is 569 g/mol. The van der Waals surface area contributed by atoms with E-state index in [-0.39, 0.29) is 18.6 Å². The van der Waals surface area contributed by atoms with E-state index in [4.69, 9.17) is 9.47 Å². The van der Waals surface area contributed by atoms with E-state index in [2.05, 4.69) is 0 Å². The first-order valence-electron chi connectivity index (χ1n) is 13.6. The zero-order chi connectivity index (χ0) is 29.6. The molecule has 6 N–H and O–H groups in total. The van der Waals surface area contributed by atoms with Crippen molar-refractivity contribution < 1.29 is 58.9 Å². The molecular formula is C28H37FO11. The molecule has 1 aliphatic heterocycles. The van der Waals surface area contributed by atoms with E-state index in [1.165, 1.54) is 18.2 Å². The number of hydrogen-bond acceptors (Lipinski definition) is 10. The second kappa shape index (κ2) is 9.48. The Morgan fingerprint density at radius 2 is 1.80 bits per heavy atom. The highest BCUT2D eigenvalue weighted by Crippen LogP contribution is 2.70. The number of hydrogen-bond donors (Lipinski definition) is 6. The first-order valence-corrected chi connectivity index (χ1v) is 13.6. The summed E-state index contributed by atoms with van der Waals surface area (Å²) in [5, 5.41) is 62.8. The molecule has 5 aliphatic rings. The second-order valence-corrected chi connectivity index (χ2v) is 12.6. The summed E-state index contributed by atoms with van der Waals surface area (Å²) >= 11 is 0. The molecule has 11 nitrogen and oxygen atoms in total. The molecule has 0 aromatic carbocycles. The van der Waals surface area contributed by atoms with E-state index in [0.717, 1.165) is 0 Å². The van der Waals surface area contributed by atoms with Gasteiger partial charge in [0, 0.05) is 16.7 Å². The summed E-state index contributed by atoms with van der Waals surface area (Å²) in [6.07, 6.45) is -5.93. The van der Waals surface area contributed by atoms with Crippen LogP contribution in [-0.2, 0) is 23.9 Å². The molecule has 0 radical (unpaired) electrons. The number of aliphatic hydroxyl groups is 5. The van der Waals surface area contributed by atoms with Crippen molar-refractivity contribution in [2.24, 2.45) is 28.6 Å². The number of carboxylic acid groups (broad SMARTS) is 1. The number of carbonyl (C=O) groups is 3. The number of ketones is 2. The first-order chi connectivity index (χ1) is 18.5. The van der Waals surface area contributed by atoms with Gasteiger partial charge < -0.3 is 40.1 Å². The fraction of sp³-hybridized carbons (Fsp3) is 0.750. The number of carbonyl (C=O) groups excluding carboxylic acids is 2. The highest BCUT2D eigenvalue weighted by Gasteiger charge is 2.75. The lowest BCUT2D eigenvalue weighted by molar-refractivity contribution is -0.293. The van der Waals surface area contributed by atoms with Crippen LogP contribution in [0.4, 0.5) is 4.39 Å². The Kier molecular flexibility index (Phi) is 6.98. The largest absolute Gasteiger partial charge is 0.479 e. The lowest BCUT2D eigenvalue weighted by Gasteiger charge is -2.62. The summed E-state index contributed by atoms with van der Waals surface area (Å²) in [5.74, 6) is -4.56. The summed E-state index contributed by atoms with van der Waals surface area (Å²) in [4.78, 5) is 37.0. The van der Waals surface area contributed by atoms with Crippen molar-refractivity contribution in [2.45, 2.75) is 94.5 Å². The Morgan fingerprint density at radius 1 is 1.12 bits per heavy atom. The van der Waals surface area contributed by atoms with Crippen molar-refractivity contribution in [2.75, 3.05) is 6.61 Å². The van der Waals surface area contributed by atoms with Crippen molar-refractivity contribution >= 4 is 17.5 Å². The van der Waals surface area contributed by atoms with Crippen molar-refractivity contribution in [1.82, 2.24) is 0 Å². The molecule has 0 aromatic heterocycles. The lowest BCUT2D eigenvalue weighted by atomic mass is 9.44. The van der Waals surface area contributed by atoms with E-state index < -0.39 is 95.0 Å². The molecule has 1 heterocycles. The number of ether oxygens (including phenoxy) is 2. The van der Waals surface area contributed by atoms with Gasteiger partial charge in [0.2, 0.25) is 0 Å². The minimum atomic E-state index is -2.13. The van der Waals surface area contributed by atoms with Gasteiger partial charge in [0.25, 0.3) is 0 Å². The van der Waals surface area contributed by atoms with Crippen LogP contribution in [0.1, 0.15) is 46.5 Å². The maximum absolute atomic E-state index is 17.3. The highest BCUT2D eigenvalue weighted by atomic mass is 19.1. The number of aliphatic hydroxyl groups excluding tert-OH is 4. The van der Waals surface area contributed by atoms with E-state index in [9.17, 15) is 45.0 Å². The van der Waals surface area contributed by atoms with Crippen molar-refractivity contribution in [1.29, 1.82) is 0 Å². The molecule has 4 aliphatic carbocycles. The molecule has 1 saturated heterocycles. The standard InChI is InChI=1S/C28H37FO11/c1-12-8-16-15-5-4-13-9-14(30)6-7-25(13,2)27(15,29)17(31)10-26(16,3)28(12,38)18(32)11-39-24-21(35)19(33)20(34)22(40-24)23(36)37/h6-7,9,12,15-17,19-22,24,31,33-35,38H,4-5,8,10-11H2,1-3H3,(H,36,37)/t12-,15+,16-,17+,19+,20+,21-,22+,24-,25+,26+,27-,28+/m1/s1. The molecule has 0 unspecified atom stereocenters. The average Bonchev–Trinajstić information content (AvgIpc) is 3.09. The minimum absolute atomic E-state index is 0.233. The van der Waals surface area contributed by atoms with Gasteiger partial charge in [-0.2, -0.15) is 0 Å². The van der Waals surface area contributed by atoms with Crippen LogP contribution in [0, 0.1) is 28.6 Å². The number of carboxylic acids is 1. The highest BCUT2D eigenvalue weighted by molar-refractivity contribution is 6.01. The Bertz CT molecular complexity index is 1170. The van der Waals surface area contributed by atoms with E-state index in [1.54, 1.807) is 20.8 Å². The lowest BCUT2D eigenvalue weighted by Crippen LogP contribution is -2.69. The minimum Gasteiger partial charge on any atom is -0.479 e. The molecule has 5 rings (SSSR count). The molecule has 0 bridgehead atoms. The molecule has 0 aromatic rings.